The predicted octanol–water partition coefficient (Wildman–Crippen LogP) is 3.85. The number of carbonyl (C=O) groups is 1. The largest absolute Gasteiger partial charge is 0.444 e. The van der Waals surface area contributed by atoms with Crippen LogP contribution >= 0.6 is 0 Å². The van der Waals surface area contributed by atoms with Crippen LogP contribution in [0, 0.1) is 0 Å². The Hall–Kier alpha value is -1.57. The van der Waals surface area contributed by atoms with Crippen molar-refractivity contribution in [2.75, 3.05) is 13.1 Å². The van der Waals surface area contributed by atoms with E-state index in [0.29, 0.717) is 19.2 Å². The Balaban J connectivity index is 3.97. The molecule has 0 rings (SSSR count). The molecule has 0 aliphatic heterocycles. The number of hydrogen-bond donors (Lipinski definition) is 2. The van der Waals surface area contributed by atoms with Crippen LogP contribution in [0.5, 0.6) is 0 Å². The lowest BCUT2D eigenvalue weighted by molar-refractivity contribution is -0.125. The molecule has 0 bridgehead atoms. The molecule has 0 aromatic rings. The maximum absolute atomic E-state index is 13.1. The molecule has 1 amide bonds. The highest BCUT2D eigenvalue weighted by Gasteiger charge is 2.25. The van der Waals surface area contributed by atoms with E-state index in [1.165, 1.54) is 6.08 Å². The molecule has 0 saturated heterocycles. The first-order valence-electron chi connectivity index (χ1n) is 7.20. The lowest BCUT2D eigenvalue weighted by Crippen LogP contribution is -2.38. The third-order valence-electron chi connectivity index (χ3n) is 2.33. The SMILES string of the molecule is CC(/C=C\C(F)=C/CC(F)(F)F)NCCNC(=O)OC(C)(C)C. The molecular formula is C15H24F4N2O2. The third kappa shape index (κ3) is 15.1. The molecule has 4 nitrogen and oxygen atoms in total. The number of halogens is 4. The summed E-state index contributed by atoms with van der Waals surface area (Å²) in [5, 5.41) is 5.49. The molecule has 0 saturated carbocycles. The van der Waals surface area contributed by atoms with E-state index in [-0.39, 0.29) is 6.04 Å². The molecular weight excluding hydrogens is 316 g/mol. The number of nitrogens with one attached hydrogen (secondary N) is 2. The molecule has 0 fully saturated rings. The lowest BCUT2D eigenvalue weighted by atomic mass is 10.2. The van der Waals surface area contributed by atoms with Gasteiger partial charge in [-0.25, -0.2) is 9.18 Å². The van der Waals surface area contributed by atoms with Crippen LogP contribution in [0.15, 0.2) is 24.1 Å². The second-order valence-electron chi connectivity index (χ2n) is 5.94. The zero-order valence-electron chi connectivity index (χ0n) is 13.8. The summed E-state index contributed by atoms with van der Waals surface area (Å²) in [6.45, 7) is 7.66. The Bertz CT molecular complexity index is 426. The molecule has 0 radical (unpaired) electrons. The van der Waals surface area contributed by atoms with Crippen LogP contribution in [0.4, 0.5) is 22.4 Å². The minimum absolute atomic E-state index is 0.263. The van der Waals surface area contributed by atoms with Crippen molar-refractivity contribution in [1.82, 2.24) is 10.6 Å². The number of alkyl halides is 3. The van der Waals surface area contributed by atoms with Crippen LogP contribution in [0.25, 0.3) is 0 Å². The average Bonchev–Trinajstić information content (AvgIpc) is 2.36. The quantitative estimate of drug-likeness (QED) is 0.420. The van der Waals surface area contributed by atoms with E-state index in [9.17, 15) is 22.4 Å². The number of hydrogen-bond acceptors (Lipinski definition) is 3. The maximum Gasteiger partial charge on any atom is 0.407 e. The maximum atomic E-state index is 13.1. The topological polar surface area (TPSA) is 50.4 Å². The monoisotopic (exact) mass is 340 g/mol. The van der Waals surface area contributed by atoms with Crippen molar-refractivity contribution < 1.29 is 27.1 Å². The van der Waals surface area contributed by atoms with Gasteiger partial charge < -0.3 is 15.4 Å². The van der Waals surface area contributed by atoms with Gasteiger partial charge in [-0.2, -0.15) is 13.2 Å². The van der Waals surface area contributed by atoms with Crippen LogP contribution in [0.3, 0.4) is 0 Å². The zero-order chi connectivity index (χ0) is 18.1. The summed E-state index contributed by atoms with van der Waals surface area (Å²) in [6.07, 6.45) is -3.40. The van der Waals surface area contributed by atoms with Crippen LogP contribution in [-0.2, 0) is 4.74 Å². The predicted molar refractivity (Wildman–Crippen MR) is 80.7 cm³/mol. The molecule has 1 atom stereocenters. The van der Waals surface area contributed by atoms with E-state index in [0.717, 1.165) is 6.08 Å². The minimum Gasteiger partial charge on any atom is -0.444 e. The molecule has 2 N–H and O–H groups in total. The highest BCUT2D eigenvalue weighted by atomic mass is 19.4. The average molecular weight is 340 g/mol. The Kier molecular flexibility index (Phi) is 8.89. The van der Waals surface area contributed by atoms with Crippen LogP contribution in [-0.4, -0.2) is 37.0 Å². The summed E-state index contributed by atoms with van der Waals surface area (Å²) in [7, 11) is 0. The Labute approximate surface area is 134 Å². The van der Waals surface area contributed by atoms with E-state index in [1.54, 1.807) is 27.7 Å². The second-order valence-corrected chi connectivity index (χ2v) is 5.94. The van der Waals surface area contributed by atoms with Gasteiger partial charge in [0.2, 0.25) is 0 Å². The second kappa shape index (κ2) is 9.54. The molecule has 8 heteroatoms. The number of amides is 1. The first kappa shape index (κ1) is 21.4. The summed E-state index contributed by atoms with van der Waals surface area (Å²) in [4.78, 5) is 11.3. The van der Waals surface area contributed by atoms with Gasteiger partial charge in [0.25, 0.3) is 0 Å². The fourth-order valence-corrected chi connectivity index (χ4v) is 1.36. The van der Waals surface area contributed by atoms with Gasteiger partial charge in [0.05, 0.1) is 6.42 Å². The van der Waals surface area contributed by atoms with E-state index in [2.05, 4.69) is 10.6 Å². The number of ether oxygens (including phenoxy) is 1. The Morgan fingerprint density at radius 3 is 2.35 bits per heavy atom. The van der Waals surface area contributed by atoms with Gasteiger partial charge in [0.1, 0.15) is 11.4 Å². The fraction of sp³-hybridized carbons (Fsp3) is 0.667. The smallest absolute Gasteiger partial charge is 0.407 e. The van der Waals surface area contributed by atoms with Crippen molar-refractivity contribution >= 4 is 6.09 Å². The van der Waals surface area contributed by atoms with Crippen molar-refractivity contribution in [2.45, 2.75) is 51.9 Å². The number of allylic oxidation sites excluding steroid dienone is 3. The first-order valence-corrected chi connectivity index (χ1v) is 7.20. The van der Waals surface area contributed by atoms with Gasteiger partial charge in [0, 0.05) is 19.1 Å². The molecule has 0 heterocycles. The number of rotatable bonds is 7. The number of carbonyl (C=O) groups excluding carboxylic acids is 1. The molecule has 1 unspecified atom stereocenters. The van der Waals surface area contributed by atoms with Gasteiger partial charge in [0.15, 0.2) is 0 Å². The standard InChI is InChI=1S/C15H24F4N2O2/c1-11(5-6-12(16)7-8-15(17,18)19)20-9-10-21-13(22)23-14(2,3)4/h5-7,11,20H,8-10H2,1-4H3,(H,21,22)/b6-5-,12-7+. The van der Waals surface area contributed by atoms with Crippen molar-refractivity contribution in [2.24, 2.45) is 0 Å². The summed E-state index contributed by atoms with van der Waals surface area (Å²) in [5.41, 5.74) is -0.576. The molecule has 0 aliphatic rings. The minimum atomic E-state index is -4.41. The summed E-state index contributed by atoms with van der Waals surface area (Å²) in [5.74, 6) is -0.942. The highest BCUT2D eigenvalue weighted by Crippen LogP contribution is 2.21. The van der Waals surface area contributed by atoms with Gasteiger partial charge in [-0.05, 0) is 39.8 Å². The Morgan fingerprint density at radius 2 is 1.83 bits per heavy atom. The van der Waals surface area contributed by atoms with Crippen LogP contribution in [0.2, 0.25) is 0 Å². The molecule has 0 aromatic heterocycles. The summed E-state index contributed by atoms with van der Waals surface area (Å²) < 4.78 is 53.8. The highest BCUT2D eigenvalue weighted by molar-refractivity contribution is 5.67. The number of alkyl carbamates (subject to hydrolysis) is 1. The van der Waals surface area contributed by atoms with Crippen molar-refractivity contribution in [3.05, 3.63) is 24.1 Å². The molecule has 0 aromatic carbocycles. The van der Waals surface area contributed by atoms with Gasteiger partial charge >= 0.3 is 12.3 Å². The molecule has 134 valence electrons. The van der Waals surface area contributed by atoms with Crippen molar-refractivity contribution in [3.63, 3.8) is 0 Å². The van der Waals surface area contributed by atoms with Gasteiger partial charge in [-0.15, -0.1) is 0 Å². The van der Waals surface area contributed by atoms with Crippen LogP contribution in [0.1, 0.15) is 34.1 Å². The first-order chi connectivity index (χ1) is 10.4. The summed E-state index contributed by atoms with van der Waals surface area (Å²) in [6, 6.07) is -0.263. The van der Waals surface area contributed by atoms with Gasteiger partial charge in [-0.3, -0.25) is 0 Å². The van der Waals surface area contributed by atoms with E-state index in [1.807, 2.05) is 0 Å². The molecule has 0 aliphatic carbocycles. The fourth-order valence-electron chi connectivity index (χ4n) is 1.36. The third-order valence-corrected chi connectivity index (χ3v) is 2.33. The lowest BCUT2D eigenvalue weighted by Gasteiger charge is -2.19. The Morgan fingerprint density at radius 1 is 1.22 bits per heavy atom. The van der Waals surface area contributed by atoms with E-state index in [4.69, 9.17) is 4.74 Å². The zero-order valence-corrected chi connectivity index (χ0v) is 13.8. The normalized spacial score (nSPS) is 14.9. The molecule has 0 spiro atoms. The van der Waals surface area contributed by atoms with Crippen molar-refractivity contribution in [1.29, 1.82) is 0 Å². The van der Waals surface area contributed by atoms with Crippen LogP contribution < -0.4 is 10.6 Å². The van der Waals surface area contributed by atoms with E-state index >= 15 is 0 Å². The summed E-state index contributed by atoms with van der Waals surface area (Å²) >= 11 is 0. The van der Waals surface area contributed by atoms with Gasteiger partial charge in [-0.1, -0.05) is 6.08 Å². The van der Waals surface area contributed by atoms with E-state index < -0.39 is 30.1 Å². The molecule has 23 heavy (non-hydrogen) atoms. The van der Waals surface area contributed by atoms with Crippen molar-refractivity contribution in [3.8, 4) is 0 Å².